The molecule has 0 saturated carbocycles. The van der Waals surface area contributed by atoms with Gasteiger partial charge in [-0.25, -0.2) is 14.3 Å². The van der Waals surface area contributed by atoms with Gasteiger partial charge >= 0.3 is 18.1 Å². The minimum absolute atomic E-state index is 0.258. The van der Waals surface area contributed by atoms with Gasteiger partial charge in [-0.2, -0.15) is 18.3 Å². The maximum Gasteiger partial charge on any atom is 0.416 e. The summed E-state index contributed by atoms with van der Waals surface area (Å²) in [4.78, 5) is 22.9. The summed E-state index contributed by atoms with van der Waals surface area (Å²) in [6.07, 6.45) is -4.58. The van der Waals surface area contributed by atoms with E-state index in [0.717, 1.165) is 23.9 Å². The summed E-state index contributed by atoms with van der Waals surface area (Å²) in [5.41, 5.74) is -2.09. The highest BCUT2D eigenvalue weighted by Gasteiger charge is 2.32. The molecular weight excluding hydrogens is 333 g/mol. The monoisotopic (exact) mass is 344 g/mol. The molecule has 7 nitrogen and oxygen atoms in total. The molecule has 0 aliphatic rings. The molecule has 0 spiro atoms. The fourth-order valence-electron chi connectivity index (χ4n) is 1.91. The molecule has 0 aliphatic carbocycles. The average Bonchev–Trinajstić information content (AvgIpc) is 2.83. The summed E-state index contributed by atoms with van der Waals surface area (Å²) in [7, 11) is 2.32. The quantitative estimate of drug-likeness (QED) is 0.858. The molecule has 0 radical (unpaired) electrons. The molecule has 10 heteroatoms. The molecule has 0 fully saturated rings. The number of nitrogens with zero attached hydrogens (tertiary/aromatic N) is 2. The molecule has 1 aromatic carbocycles. The molecule has 1 N–H and O–H groups in total. The first-order valence-corrected chi connectivity index (χ1v) is 6.39. The third-order valence-corrected chi connectivity index (χ3v) is 2.96. The van der Waals surface area contributed by atoms with Crippen molar-refractivity contribution < 1.29 is 37.3 Å². The number of rotatable bonds is 4. The standard InChI is InChI=1S/C14H11F3N2O5/c1-19-11(9(12(20)21)10(18-19)13(22)23-2)24-8-5-3-4-7(6-8)14(15,16)17/h3-6H,1-2H3,(H,20,21). The molecule has 1 heterocycles. The van der Waals surface area contributed by atoms with Crippen molar-refractivity contribution in [3.63, 3.8) is 0 Å². The van der Waals surface area contributed by atoms with E-state index in [0.29, 0.717) is 6.07 Å². The number of methoxy groups -OCH3 is 1. The average molecular weight is 344 g/mol. The van der Waals surface area contributed by atoms with Crippen LogP contribution < -0.4 is 4.74 Å². The Morgan fingerprint density at radius 2 is 1.96 bits per heavy atom. The Morgan fingerprint density at radius 3 is 2.50 bits per heavy atom. The lowest BCUT2D eigenvalue weighted by atomic mass is 10.2. The summed E-state index contributed by atoms with van der Waals surface area (Å²) in [6, 6.07) is 3.87. The zero-order valence-corrected chi connectivity index (χ0v) is 12.4. The van der Waals surface area contributed by atoms with Crippen LogP contribution in [0.5, 0.6) is 11.6 Å². The van der Waals surface area contributed by atoms with E-state index >= 15 is 0 Å². The number of carbonyl (C=O) groups is 2. The third-order valence-electron chi connectivity index (χ3n) is 2.96. The van der Waals surface area contributed by atoms with Crippen molar-refractivity contribution in [3.05, 3.63) is 41.1 Å². The van der Waals surface area contributed by atoms with Crippen molar-refractivity contribution in [3.8, 4) is 11.6 Å². The van der Waals surface area contributed by atoms with Gasteiger partial charge in [0.15, 0.2) is 11.3 Å². The van der Waals surface area contributed by atoms with E-state index in [1.165, 1.54) is 13.1 Å². The number of aromatic nitrogens is 2. The number of benzene rings is 1. The Bertz CT molecular complexity index is 798. The van der Waals surface area contributed by atoms with Gasteiger partial charge in [0.25, 0.3) is 0 Å². The van der Waals surface area contributed by atoms with Crippen LogP contribution in [0.4, 0.5) is 13.2 Å². The van der Waals surface area contributed by atoms with Gasteiger partial charge in [0.2, 0.25) is 5.88 Å². The highest BCUT2D eigenvalue weighted by molar-refractivity contribution is 6.02. The normalized spacial score (nSPS) is 11.2. The summed E-state index contributed by atoms with van der Waals surface area (Å²) < 4.78 is 48.7. The summed E-state index contributed by atoms with van der Waals surface area (Å²) in [5.74, 6) is -3.21. The zero-order chi connectivity index (χ0) is 18.1. The molecule has 2 rings (SSSR count). The number of aromatic carboxylic acids is 1. The number of alkyl halides is 3. The second kappa shape index (κ2) is 6.22. The molecule has 0 amide bonds. The van der Waals surface area contributed by atoms with Crippen molar-refractivity contribution in [1.82, 2.24) is 9.78 Å². The first-order valence-electron chi connectivity index (χ1n) is 6.39. The lowest BCUT2D eigenvalue weighted by Crippen LogP contribution is -2.09. The summed E-state index contributed by atoms with van der Waals surface area (Å²) >= 11 is 0. The lowest BCUT2D eigenvalue weighted by molar-refractivity contribution is -0.137. The Kier molecular flexibility index (Phi) is 4.49. The first kappa shape index (κ1) is 17.3. The Balaban J connectivity index is 2.49. The van der Waals surface area contributed by atoms with E-state index in [1.807, 2.05) is 0 Å². The summed E-state index contributed by atoms with van der Waals surface area (Å²) in [6.45, 7) is 0. The molecule has 128 valence electrons. The van der Waals surface area contributed by atoms with Crippen LogP contribution in [0.3, 0.4) is 0 Å². The minimum Gasteiger partial charge on any atom is -0.477 e. The van der Waals surface area contributed by atoms with Crippen molar-refractivity contribution in [2.75, 3.05) is 7.11 Å². The molecule has 0 saturated heterocycles. The van der Waals surface area contributed by atoms with Crippen LogP contribution in [-0.2, 0) is 18.0 Å². The number of hydrogen-bond acceptors (Lipinski definition) is 5. The van der Waals surface area contributed by atoms with Crippen LogP contribution in [-0.4, -0.2) is 33.9 Å². The highest BCUT2D eigenvalue weighted by atomic mass is 19.4. The Labute approximate surface area is 133 Å². The van der Waals surface area contributed by atoms with E-state index < -0.39 is 40.8 Å². The van der Waals surface area contributed by atoms with Gasteiger partial charge in [-0.05, 0) is 18.2 Å². The SMILES string of the molecule is COC(=O)c1nn(C)c(Oc2cccc(C(F)(F)F)c2)c1C(=O)O. The fourth-order valence-corrected chi connectivity index (χ4v) is 1.91. The number of ether oxygens (including phenoxy) is 2. The number of carboxylic acids is 1. The van der Waals surface area contributed by atoms with E-state index in [-0.39, 0.29) is 5.75 Å². The van der Waals surface area contributed by atoms with E-state index in [2.05, 4.69) is 9.84 Å². The molecule has 2 aromatic rings. The maximum absolute atomic E-state index is 12.7. The van der Waals surface area contributed by atoms with Crippen LogP contribution >= 0.6 is 0 Å². The van der Waals surface area contributed by atoms with Crippen molar-refractivity contribution in [2.24, 2.45) is 7.05 Å². The van der Waals surface area contributed by atoms with E-state index in [4.69, 9.17) is 4.74 Å². The molecular formula is C14H11F3N2O5. The number of esters is 1. The molecule has 0 aliphatic heterocycles. The molecule has 1 aromatic heterocycles. The third kappa shape index (κ3) is 3.31. The first-order chi connectivity index (χ1) is 11.1. The largest absolute Gasteiger partial charge is 0.477 e. The predicted molar refractivity (Wildman–Crippen MR) is 73.0 cm³/mol. The number of hydrogen-bond donors (Lipinski definition) is 1. The smallest absolute Gasteiger partial charge is 0.416 e. The van der Waals surface area contributed by atoms with Crippen LogP contribution in [0.25, 0.3) is 0 Å². The van der Waals surface area contributed by atoms with Gasteiger partial charge in [-0.3, -0.25) is 0 Å². The number of aryl methyl sites for hydroxylation is 1. The van der Waals surface area contributed by atoms with Crippen molar-refractivity contribution in [1.29, 1.82) is 0 Å². The predicted octanol–water partition coefficient (Wildman–Crippen LogP) is 2.72. The van der Waals surface area contributed by atoms with E-state index in [9.17, 15) is 27.9 Å². The zero-order valence-electron chi connectivity index (χ0n) is 12.4. The number of carbonyl (C=O) groups excluding carboxylic acids is 1. The molecule has 0 bridgehead atoms. The van der Waals surface area contributed by atoms with Gasteiger partial charge in [-0.15, -0.1) is 0 Å². The van der Waals surface area contributed by atoms with Crippen LogP contribution in [0.1, 0.15) is 26.4 Å². The van der Waals surface area contributed by atoms with Gasteiger partial charge in [0.05, 0.1) is 12.7 Å². The van der Waals surface area contributed by atoms with Crippen molar-refractivity contribution >= 4 is 11.9 Å². The van der Waals surface area contributed by atoms with Crippen molar-refractivity contribution in [2.45, 2.75) is 6.18 Å². The maximum atomic E-state index is 12.7. The molecule has 24 heavy (non-hydrogen) atoms. The van der Waals surface area contributed by atoms with Crippen LogP contribution in [0, 0.1) is 0 Å². The topological polar surface area (TPSA) is 90.6 Å². The van der Waals surface area contributed by atoms with E-state index in [1.54, 1.807) is 0 Å². The molecule has 0 unspecified atom stereocenters. The fraction of sp³-hybridized carbons (Fsp3) is 0.214. The van der Waals surface area contributed by atoms with Gasteiger partial charge < -0.3 is 14.6 Å². The number of halogens is 3. The number of carboxylic acid groups (broad SMARTS) is 1. The van der Waals surface area contributed by atoms with Crippen LogP contribution in [0.2, 0.25) is 0 Å². The van der Waals surface area contributed by atoms with Gasteiger partial charge in [-0.1, -0.05) is 6.07 Å². The second-order valence-corrected chi connectivity index (χ2v) is 4.58. The van der Waals surface area contributed by atoms with Crippen LogP contribution in [0.15, 0.2) is 24.3 Å². The van der Waals surface area contributed by atoms with Gasteiger partial charge in [0, 0.05) is 7.05 Å². The van der Waals surface area contributed by atoms with Gasteiger partial charge in [0.1, 0.15) is 5.75 Å². The minimum atomic E-state index is -4.58. The highest BCUT2D eigenvalue weighted by Crippen LogP contribution is 2.34. The molecule has 0 atom stereocenters. The summed E-state index contributed by atoms with van der Waals surface area (Å²) in [5, 5.41) is 12.9. The Morgan fingerprint density at radius 1 is 1.29 bits per heavy atom. The second-order valence-electron chi connectivity index (χ2n) is 4.58. The lowest BCUT2D eigenvalue weighted by Gasteiger charge is -2.10. The Hall–Kier alpha value is -3.04.